The molecule has 1 atom stereocenters. The predicted octanol–water partition coefficient (Wildman–Crippen LogP) is 3.74. The van der Waals surface area contributed by atoms with Crippen molar-refractivity contribution < 1.29 is 5.11 Å². The van der Waals surface area contributed by atoms with E-state index in [0.717, 1.165) is 22.0 Å². The molecule has 0 amide bonds. The largest absolute Gasteiger partial charge is 0.394 e. The van der Waals surface area contributed by atoms with E-state index in [9.17, 15) is 5.11 Å². The summed E-state index contributed by atoms with van der Waals surface area (Å²) in [6.07, 6.45) is 1.52. The molecule has 0 spiro atoms. The summed E-state index contributed by atoms with van der Waals surface area (Å²) in [5.74, 6) is 0.711. The smallest absolute Gasteiger partial charge is 0.137 e. The number of benzene rings is 2. The van der Waals surface area contributed by atoms with Gasteiger partial charge in [0, 0.05) is 10.4 Å². The highest BCUT2D eigenvalue weighted by Gasteiger charge is 2.13. The number of hydrogen-bond donors (Lipinski definition) is 2. The molecule has 22 heavy (non-hydrogen) atoms. The molecule has 0 aliphatic rings. The second-order valence-electron chi connectivity index (χ2n) is 5.17. The number of halogens is 1. The second kappa shape index (κ2) is 6.30. The van der Waals surface area contributed by atoms with Crippen LogP contribution in [0.2, 0.25) is 5.02 Å². The number of rotatable bonds is 4. The first kappa shape index (κ1) is 14.8. The van der Waals surface area contributed by atoms with E-state index in [2.05, 4.69) is 15.3 Å². The molecule has 0 bridgehead atoms. The first-order valence-electron chi connectivity index (χ1n) is 7.01. The lowest BCUT2D eigenvalue weighted by atomic mass is 10.1. The molecule has 2 aromatic carbocycles. The van der Waals surface area contributed by atoms with Crippen molar-refractivity contribution in [2.45, 2.75) is 13.0 Å². The van der Waals surface area contributed by atoms with Gasteiger partial charge >= 0.3 is 0 Å². The number of hydrogen-bond acceptors (Lipinski definition) is 4. The van der Waals surface area contributed by atoms with Gasteiger partial charge < -0.3 is 10.4 Å². The van der Waals surface area contributed by atoms with E-state index < -0.39 is 0 Å². The molecule has 0 saturated heterocycles. The van der Waals surface area contributed by atoms with Crippen molar-refractivity contribution in [1.29, 1.82) is 0 Å². The van der Waals surface area contributed by atoms with Crippen LogP contribution in [0, 0.1) is 6.92 Å². The van der Waals surface area contributed by atoms with Gasteiger partial charge in [-0.25, -0.2) is 9.97 Å². The SMILES string of the molecule is Cc1ccc2ncnc(NC(CO)c3ccc(Cl)cc3)c2c1. The van der Waals surface area contributed by atoms with Crippen LogP contribution >= 0.6 is 11.6 Å². The normalized spacial score (nSPS) is 12.3. The fraction of sp³-hybridized carbons (Fsp3) is 0.176. The molecule has 3 aromatic rings. The zero-order valence-electron chi connectivity index (χ0n) is 12.1. The molecule has 0 fully saturated rings. The Labute approximate surface area is 133 Å². The Bertz CT molecular complexity index is 790. The zero-order valence-corrected chi connectivity index (χ0v) is 12.9. The zero-order chi connectivity index (χ0) is 15.5. The maximum atomic E-state index is 9.70. The van der Waals surface area contributed by atoms with Gasteiger partial charge in [-0.05, 0) is 36.8 Å². The number of anilines is 1. The molecule has 3 rings (SSSR count). The standard InChI is InChI=1S/C17H16ClN3O/c1-11-2-7-15-14(8-11)17(20-10-19-15)21-16(9-22)12-3-5-13(18)6-4-12/h2-8,10,16,22H,9H2,1H3,(H,19,20,21). The Morgan fingerprint density at radius 2 is 1.91 bits per heavy atom. The van der Waals surface area contributed by atoms with E-state index in [1.165, 1.54) is 6.33 Å². The first-order valence-corrected chi connectivity index (χ1v) is 7.39. The lowest BCUT2D eigenvalue weighted by molar-refractivity contribution is 0.276. The van der Waals surface area contributed by atoms with Gasteiger partial charge in [-0.3, -0.25) is 0 Å². The maximum Gasteiger partial charge on any atom is 0.137 e. The molecule has 0 aliphatic heterocycles. The lowest BCUT2D eigenvalue weighted by Gasteiger charge is -2.18. The summed E-state index contributed by atoms with van der Waals surface area (Å²) in [5.41, 5.74) is 2.96. The van der Waals surface area contributed by atoms with Crippen LogP contribution in [0.1, 0.15) is 17.2 Å². The van der Waals surface area contributed by atoms with Crippen LogP contribution in [0.15, 0.2) is 48.8 Å². The number of fused-ring (bicyclic) bond motifs is 1. The van der Waals surface area contributed by atoms with E-state index in [-0.39, 0.29) is 12.6 Å². The van der Waals surface area contributed by atoms with Gasteiger partial charge in [0.1, 0.15) is 12.1 Å². The highest BCUT2D eigenvalue weighted by atomic mass is 35.5. The number of aryl methyl sites for hydroxylation is 1. The summed E-state index contributed by atoms with van der Waals surface area (Å²) >= 11 is 5.91. The van der Waals surface area contributed by atoms with Crippen molar-refractivity contribution in [3.63, 3.8) is 0 Å². The number of aliphatic hydroxyl groups excluding tert-OH is 1. The Morgan fingerprint density at radius 3 is 2.64 bits per heavy atom. The molecule has 112 valence electrons. The number of nitrogens with zero attached hydrogens (tertiary/aromatic N) is 2. The Morgan fingerprint density at radius 1 is 1.14 bits per heavy atom. The van der Waals surface area contributed by atoms with Gasteiger partial charge in [0.2, 0.25) is 0 Å². The molecule has 2 N–H and O–H groups in total. The highest BCUT2D eigenvalue weighted by Crippen LogP contribution is 2.25. The van der Waals surface area contributed by atoms with Gasteiger partial charge in [-0.1, -0.05) is 35.4 Å². The first-order chi connectivity index (χ1) is 10.7. The van der Waals surface area contributed by atoms with Gasteiger partial charge in [0.05, 0.1) is 18.2 Å². The highest BCUT2D eigenvalue weighted by molar-refractivity contribution is 6.30. The summed E-state index contributed by atoms with van der Waals surface area (Å²) in [4.78, 5) is 8.59. The molecule has 4 nitrogen and oxygen atoms in total. The van der Waals surface area contributed by atoms with Crippen LogP contribution in [0.3, 0.4) is 0 Å². The topological polar surface area (TPSA) is 58.0 Å². The fourth-order valence-corrected chi connectivity index (χ4v) is 2.51. The molecular weight excluding hydrogens is 298 g/mol. The number of nitrogens with one attached hydrogen (secondary N) is 1. The van der Waals surface area contributed by atoms with E-state index in [1.54, 1.807) is 0 Å². The minimum absolute atomic E-state index is 0.0427. The lowest BCUT2D eigenvalue weighted by Crippen LogP contribution is -2.16. The van der Waals surface area contributed by atoms with Crippen molar-refractivity contribution in [3.05, 3.63) is 64.9 Å². The molecule has 1 aromatic heterocycles. The van der Waals surface area contributed by atoms with Crippen molar-refractivity contribution in [3.8, 4) is 0 Å². The molecule has 0 saturated carbocycles. The minimum atomic E-state index is -0.254. The molecule has 1 heterocycles. The third-order valence-electron chi connectivity index (χ3n) is 3.56. The summed E-state index contributed by atoms with van der Waals surface area (Å²) in [6.45, 7) is 1.98. The van der Waals surface area contributed by atoms with Crippen molar-refractivity contribution in [2.24, 2.45) is 0 Å². The van der Waals surface area contributed by atoms with Crippen LogP contribution in [0.4, 0.5) is 5.82 Å². The third-order valence-corrected chi connectivity index (χ3v) is 3.81. The van der Waals surface area contributed by atoms with Gasteiger partial charge in [0.15, 0.2) is 0 Å². The van der Waals surface area contributed by atoms with Crippen LogP contribution < -0.4 is 5.32 Å². The third kappa shape index (κ3) is 3.03. The van der Waals surface area contributed by atoms with Crippen LogP contribution in [0.5, 0.6) is 0 Å². The van der Waals surface area contributed by atoms with Crippen molar-refractivity contribution in [2.75, 3.05) is 11.9 Å². The molecule has 5 heteroatoms. The summed E-state index contributed by atoms with van der Waals surface area (Å²) in [5, 5.41) is 14.6. The summed E-state index contributed by atoms with van der Waals surface area (Å²) in [7, 11) is 0. The van der Waals surface area contributed by atoms with E-state index in [1.807, 2.05) is 49.4 Å². The second-order valence-corrected chi connectivity index (χ2v) is 5.61. The number of aromatic nitrogens is 2. The quantitative estimate of drug-likeness (QED) is 0.770. The van der Waals surface area contributed by atoms with E-state index in [0.29, 0.717) is 10.8 Å². The van der Waals surface area contributed by atoms with Crippen LogP contribution in [-0.2, 0) is 0 Å². The average molecular weight is 314 g/mol. The predicted molar refractivity (Wildman–Crippen MR) is 89.2 cm³/mol. The summed E-state index contributed by atoms with van der Waals surface area (Å²) in [6, 6.07) is 13.2. The van der Waals surface area contributed by atoms with Gasteiger partial charge in [-0.15, -0.1) is 0 Å². The Kier molecular flexibility index (Phi) is 4.22. The average Bonchev–Trinajstić information content (AvgIpc) is 2.54. The number of aliphatic hydroxyl groups is 1. The Balaban J connectivity index is 1.97. The van der Waals surface area contributed by atoms with Crippen molar-refractivity contribution in [1.82, 2.24) is 9.97 Å². The molecule has 0 aliphatic carbocycles. The van der Waals surface area contributed by atoms with E-state index in [4.69, 9.17) is 11.6 Å². The molecular formula is C17H16ClN3O. The van der Waals surface area contributed by atoms with Gasteiger partial charge in [0.25, 0.3) is 0 Å². The summed E-state index contributed by atoms with van der Waals surface area (Å²) < 4.78 is 0. The maximum absolute atomic E-state index is 9.70. The van der Waals surface area contributed by atoms with Crippen LogP contribution in [-0.4, -0.2) is 21.7 Å². The fourth-order valence-electron chi connectivity index (χ4n) is 2.38. The monoisotopic (exact) mass is 313 g/mol. The van der Waals surface area contributed by atoms with E-state index >= 15 is 0 Å². The van der Waals surface area contributed by atoms with Crippen LogP contribution in [0.25, 0.3) is 10.9 Å². The Hall–Kier alpha value is -2.17. The minimum Gasteiger partial charge on any atom is -0.394 e. The molecule has 1 unspecified atom stereocenters. The van der Waals surface area contributed by atoms with Crippen molar-refractivity contribution >= 4 is 28.3 Å². The molecule has 0 radical (unpaired) electrons. The van der Waals surface area contributed by atoms with Gasteiger partial charge in [-0.2, -0.15) is 0 Å².